The summed E-state index contributed by atoms with van der Waals surface area (Å²) in [6, 6.07) is 13.7. The van der Waals surface area contributed by atoms with Crippen LogP contribution in [-0.2, 0) is 4.79 Å². The van der Waals surface area contributed by atoms with Gasteiger partial charge in [0, 0.05) is 5.92 Å². The van der Waals surface area contributed by atoms with Gasteiger partial charge in [0.25, 0.3) is 0 Å². The molecule has 0 saturated carbocycles. The van der Waals surface area contributed by atoms with E-state index in [1.54, 1.807) is 6.92 Å². The Morgan fingerprint density at radius 2 is 1.81 bits per heavy atom. The lowest BCUT2D eigenvalue weighted by Crippen LogP contribution is -2.09. The maximum absolute atomic E-state index is 10.6. The third-order valence-corrected chi connectivity index (χ3v) is 2.83. The Labute approximate surface area is 94.5 Å². The molecule has 0 saturated heterocycles. The van der Waals surface area contributed by atoms with Crippen LogP contribution in [0.3, 0.4) is 0 Å². The molecule has 0 aliphatic carbocycles. The number of carbonyl (C=O) groups is 1. The first-order valence-electron chi connectivity index (χ1n) is 5.34. The number of aliphatic hydroxyl groups is 1. The molecule has 0 aliphatic heterocycles. The van der Waals surface area contributed by atoms with Crippen molar-refractivity contribution in [3.8, 4) is 0 Å². The van der Waals surface area contributed by atoms with Crippen LogP contribution in [0.2, 0.25) is 0 Å². The standard InChI is InChI=1S/C14H14O2/c1-10(9-15)14(16)13-7-6-11-4-2-3-5-12(11)8-13/h2-10,14,16H,1H3/t10-,14+/m1/s1. The van der Waals surface area contributed by atoms with E-state index in [9.17, 15) is 9.90 Å². The molecule has 0 amide bonds. The van der Waals surface area contributed by atoms with Gasteiger partial charge in [0.15, 0.2) is 0 Å². The third-order valence-electron chi connectivity index (χ3n) is 2.83. The molecule has 1 N–H and O–H groups in total. The van der Waals surface area contributed by atoms with Crippen LogP contribution in [0, 0.1) is 5.92 Å². The maximum atomic E-state index is 10.6. The van der Waals surface area contributed by atoms with E-state index in [1.165, 1.54) is 0 Å². The van der Waals surface area contributed by atoms with Crippen LogP contribution < -0.4 is 0 Å². The highest BCUT2D eigenvalue weighted by molar-refractivity contribution is 5.83. The van der Waals surface area contributed by atoms with Crippen molar-refractivity contribution in [2.24, 2.45) is 5.92 Å². The quantitative estimate of drug-likeness (QED) is 0.797. The lowest BCUT2D eigenvalue weighted by atomic mass is 9.96. The lowest BCUT2D eigenvalue weighted by Gasteiger charge is -2.14. The van der Waals surface area contributed by atoms with E-state index in [1.807, 2.05) is 42.5 Å². The van der Waals surface area contributed by atoms with E-state index < -0.39 is 6.10 Å². The highest BCUT2D eigenvalue weighted by Gasteiger charge is 2.15. The molecule has 2 aromatic rings. The van der Waals surface area contributed by atoms with E-state index in [2.05, 4.69) is 0 Å². The summed E-state index contributed by atoms with van der Waals surface area (Å²) in [5.74, 6) is -0.374. The first-order valence-corrected chi connectivity index (χ1v) is 5.34. The van der Waals surface area contributed by atoms with Gasteiger partial charge in [0.05, 0.1) is 6.10 Å². The number of hydrogen-bond acceptors (Lipinski definition) is 2. The van der Waals surface area contributed by atoms with Crippen molar-refractivity contribution in [2.75, 3.05) is 0 Å². The predicted molar refractivity (Wildman–Crippen MR) is 64.1 cm³/mol. The Bertz CT molecular complexity index is 505. The van der Waals surface area contributed by atoms with E-state index in [0.29, 0.717) is 0 Å². The summed E-state index contributed by atoms with van der Waals surface area (Å²) in [4.78, 5) is 10.6. The highest BCUT2D eigenvalue weighted by Crippen LogP contribution is 2.24. The van der Waals surface area contributed by atoms with Gasteiger partial charge in [0.1, 0.15) is 6.29 Å². The Kier molecular flexibility index (Phi) is 3.02. The number of carbonyl (C=O) groups excluding carboxylic acids is 1. The molecular formula is C14H14O2. The molecule has 0 aromatic heterocycles. The van der Waals surface area contributed by atoms with E-state index >= 15 is 0 Å². The second-order valence-corrected chi connectivity index (χ2v) is 4.05. The zero-order chi connectivity index (χ0) is 11.5. The molecule has 0 spiro atoms. The molecule has 0 unspecified atom stereocenters. The molecule has 0 heterocycles. The molecular weight excluding hydrogens is 200 g/mol. The minimum absolute atomic E-state index is 0.374. The van der Waals surface area contributed by atoms with Gasteiger partial charge < -0.3 is 9.90 Å². The summed E-state index contributed by atoms with van der Waals surface area (Å²) in [6.07, 6.45) is 0.0574. The average Bonchev–Trinajstić information content (AvgIpc) is 2.36. The summed E-state index contributed by atoms with van der Waals surface area (Å²) < 4.78 is 0. The van der Waals surface area contributed by atoms with Crippen LogP contribution in [0.5, 0.6) is 0 Å². The van der Waals surface area contributed by atoms with Crippen molar-refractivity contribution in [2.45, 2.75) is 13.0 Å². The average molecular weight is 214 g/mol. The van der Waals surface area contributed by atoms with E-state index in [-0.39, 0.29) is 5.92 Å². The minimum Gasteiger partial charge on any atom is -0.388 e. The molecule has 0 bridgehead atoms. The first kappa shape index (κ1) is 10.8. The zero-order valence-corrected chi connectivity index (χ0v) is 9.13. The number of fused-ring (bicyclic) bond motifs is 1. The topological polar surface area (TPSA) is 37.3 Å². The van der Waals surface area contributed by atoms with Crippen LogP contribution in [-0.4, -0.2) is 11.4 Å². The summed E-state index contributed by atoms with van der Waals surface area (Å²) in [7, 11) is 0. The smallest absolute Gasteiger partial charge is 0.125 e. The Morgan fingerprint density at radius 3 is 2.50 bits per heavy atom. The number of aldehydes is 1. The second-order valence-electron chi connectivity index (χ2n) is 4.05. The van der Waals surface area contributed by atoms with E-state index in [0.717, 1.165) is 22.6 Å². The van der Waals surface area contributed by atoms with Gasteiger partial charge in [-0.25, -0.2) is 0 Å². The summed E-state index contributed by atoms with van der Waals surface area (Å²) in [5, 5.41) is 12.1. The van der Waals surface area contributed by atoms with Gasteiger partial charge in [-0.1, -0.05) is 43.3 Å². The molecule has 82 valence electrons. The number of hydrogen-bond donors (Lipinski definition) is 1. The first-order chi connectivity index (χ1) is 7.72. The Hall–Kier alpha value is -1.67. The molecule has 2 aromatic carbocycles. The molecule has 0 aliphatic rings. The van der Waals surface area contributed by atoms with Crippen LogP contribution in [0.25, 0.3) is 10.8 Å². The second kappa shape index (κ2) is 4.45. The van der Waals surface area contributed by atoms with Crippen LogP contribution in [0.1, 0.15) is 18.6 Å². The monoisotopic (exact) mass is 214 g/mol. The van der Waals surface area contributed by atoms with Crippen molar-refractivity contribution < 1.29 is 9.90 Å². The van der Waals surface area contributed by atoms with Crippen molar-refractivity contribution in [3.63, 3.8) is 0 Å². The lowest BCUT2D eigenvalue weighted by molar-refractivity contribution is -0.113. The number of benzene rings is 2. The van der Waals surface area contributed by atoms with Gasteiger partial charge in [0.2, 0.25) is 0 Å². The predicted octanol–water partition coefficient (Wildman–Crippen LogP) is 2.71. The van der Waals surface area contributed by atoms with Crippen LogP contribution in [0.15, 0.2) is 42.5 Å². The highest BCUT2D eigenvalue weighted by atomic mass is 16.3. The molecule has 2 atom stereocenters. The molecule has 0 radical (unpaired) electrons. The van der Waals surface area contributed by atoms with Crippen molar-refractivity contribution in [3.05, 3.63) is 48.0 Å². The summed E-state index contributed by atoms with van der Waals surface area (Å²) >= 11 is 0. The fraction of sp³-hybridized carbons (Fsp3) is 0.214. The van der Waals surface area contributed by atoms with Gasteiger partial charge in [-0.05, 0) is 22.4 Å². The molecule has 2 rings (SSSR count). The SMILES string of the molecule is C[C@H](C=O)[C@H](O)c1ccc2ccccc2c1. The van der Waals surface area contributed by atoms with Crippen molar-refractivity contribution >= 4 is 17.1 Å². The zero-order valence-electron chi connectivity index (χ0n) is 9.13. The summed E-state index contributed by atoms with van der Waals surface area (Å²) in [6.45, 7) is 1.72. The molecule has 2 heteroatoms. The third kappa shape index (κ3) is 1.97. The van der Waals surface area contributed by atoms with Gasteiger partial charge in [-0.2, -0.15) is 0 Å². The van der Waals surface area contributed by atoms with Gasteiger partial charge in [-0.15, -0.1) is 0 Å². The molecule has 0 fully saturated rings. The molecule has 16 heavy (non-hydrogen) atoms. The molecule has 2 nitrogen and oxygen atoms in total. The Balaban J connectivity index is 2.42. The fourth-order valence-corrected chi connectivity index (χ4v) is 1.77. The number of rotatable bonds is 3. The van der Waals surface area contributed by atoms with Crippen molar-refractivity contribution in [1.29, 1.82) is 0 Å². The minimum atomic E-state index is -0.720. The van der Waals surface area contributed by atoms with Gasteiger partial charge >= 0.3 is 0 Å². The maximum Gasteiger partial charge on any atom is 0.125 e. The number of aliphatic hydroxyl groups excluding tert-OH is 1. The normalized spacial score (nSPS) is 14.6. The van der Waals surface area contributed by atoms with Crippen LogP contribution in [0.4, 0.5) is 0 Å². The van der Waals surface area contributed by atoms with Crippen molar-refractivity contribution in [1.82, 2.24) is 0 Å². The largest absolute Gasteiger partial charge is 0.388 e. The Morgan fingerprint density at radius 1 is 1.12 bits per heavy atom. The van der Waals surface area contributed by atoms with E-state index in [4.69, 9.17) is 0 Å². The fourth-order valence-electron chi connectivity index (χ4n) is 1.77. The van der Waals surface area contributed by atoms with Gasteiger partial charge in [-0.3, -0.25) is 0 Å². The van der Waals surface area contributed by atoms with Crippen LogP contribution >= 0.6 is 0 Å². The summed E-state index contributed by atoms with van der Waals surface area (Å²) in [5.41, 5.74) is 0.790.